The van der Waals surface area contributed by atoms with E-state index in [2.05, 4.69) is 31.9 Å². The van der Waals surface area contributed by atoms with Crippen molar-refractivity contribution in [3.63, 3.8) is 0 Å². The quantitative estimate of drug-likeness (QED) is 0.623. The first kappa shape index (κ1) is 11.2. The molecule has 11 heavy (non-hydrogen) atoms. The van der Waals surface area contributed by atoms with E-state index in [1.54, 1.807) is 0 Å². The zero-order valence-corrected chi connectivity index (χ0v) is 9.37. The molecule has 0 saturated carbocycles. The minimum atomic E-state index is -0.165. The molecule has 0 aromatic carbocycles. The van der Waals surface area contributed by atoms with Crippen LogP contribution in [0.4, 0.5) is 4.39 Å². The third kappa shape index (κ3) is 5.44. The van der Waals surface area contributed by atoms with Gasteiger partial charge >= 0.3 is 0 Å². The summed E-state index contributed by atoms with van der Waals surface area (Å²) in [5.74, 6) is -0.165. The standard InChI is InChI=1S/C7H10Br2FN/c1-2-3-5(10)4-6(8)7(9)11/h4H,2-3,11H2,1H3/b5-4+,7-6+. The highest BCUT2D eigenvalue weighted by atomic mass is 79.9. The van der Waals surface area contributed by atoms with Crippen LogP contribution in [0.1, 0.15) is 19.8 Å². The Hall–Kier alpha value is 0.170. The molecule has 0 fully saturated rings. The maximum atomic E-state index is 12.7. The molecular formula is C7H10Br2FN. The summed E-state index contributed by atoms with van der Waals surface area (Å²) in [6.45, 7) is 1.92. The summed E-state index contributed by atoms with van der Waals surface area (Å²) in [5.41, 5.74) is 5.32. The smallest absolute Gasteiger partial charge is 0.101 e. The lowest BCUT2D eigenvalue weighted by atomic mass is 10.3. The molecule has 0 heterocycles. The second-order valence-corrected chi connectivity index (χ2v) is 3.75. The molecule has 64 valence electrons. The van der Waals surface area contributed by atoms with Gasteiger partial charge in [0.1, 0.15) is 5.83 Å². The van der Waals surface area contributed by atoms with Gasteiger partial charge in [-0.15, -0.1) is 0 Å². The molecule has 0 spiro atoms. The van der Waals surface area contributed by atoms with Gasteiger partial charge in [0.05, 0.1) is 9.09 Å². The van der Waals surface area contributed by atoms with E-state index >= 15 is 0 Å². The summed E-state index contributed by atoms with van der Waals surface area (Å²) >= 11 is 6.12. The van der Waals surface area contributed by atoms with Crippen molar-refractivity contribution < 1.29 is 4.39 Å². The van der Waals surface area contributed by atoms with Gasteiger partial charge in [0.2, 0.25) is 0 Å². The minimum absolute atomic E-state index is 0.165. The van der Waals surface area contributed by atoms with Crippen molar-refractivity contribution in [2.24, 2.45) is 5.73 Å². The number of rotatable bonds is 3. The molecule has 0 bridgehead atoms. The lowest BCUT2D eigenvalue weighted by Crippen LogP contribution is -1.88. The normalized spacial score (nSPS) is 14.7. The Morgan fingerprint density at radius 2 is 2.09 bits per heavy atom. The van der Waals surface area contributed by atoms with Gasteiger partial charge in [-0.25, -0.2) is 4.39 Å². The van der Waals surface area contributed by atoms with Crippen LogP contribution in [0.3, 0.4) is 0 Å². The van der Waals surface area contributed by atoms with Crippen molar-refractivity contribution in [2.75, 3.05) is 0 Å². The summed E-state index contributed by atoms with van der Waals surface area (Å²) in [4.78, 5) is 0. The van der Waals surface area contributed by atoms with Gasteiger partial charge in [0, 0.05) is 0 Å². The summed E-state index contributed by atoms with van der Waals surface area (Å²) in [6, 6.07) is 0. The van der Waals surface area contributed by atoms with Gasteiger partial charge in [-0.3, -0.25) is 0 Å². The van der Waals surface area contributed by atoms with Crippen LogP contribution in [0.25, 0.3) is 0 Å². The Kier molecular flexibility index (Phi) is 5.86. The third-order valence-electron chi connectivity index (χ3n) is 1.00. The molecule has 0 aromatic heterocycles. The van der Waals surface area contributed by atoms with Gasteiger partial charge < -0.3 is 5.73 Å². The molecule has 4 heteroatoms. The lowest BCUT2D eigenvalue weighted by molar-refractivity contribution is 0.584. The van der Waals surface area contributed by atoms with Crippen LogP contribution < -0.4 is 5.73 Å². The number of nitrogens with two attached hydrogens (primary N) is 1. The summed E-state index contributed by atoms with van der Waals surface area (Å²) in [6.07, 6.45) is 2.62. The molecule has 0 aliphatic carbocycles. The lowest BCUT2D eigenvalue weighted by Gasteiger charge is -1.94. The summed E-state index contributed by atoms with van der Waals surface area (Å²) < 4.78 is 13.7. The average Bonchev–Trinajstić information content (AvgIpc) is 1.87. The van der Waals surface area contributed by atoms with Crippen molar-refractivity contribution in [1.29, 1.82) is 0 Å². The SMILES string of the molecule is CCC/C(F)=C\C(Br)=C(/N)Br. The monoisotopic (exact) mass is 285 g/mol. The van der Waals surface area contributed by atoms with E-state index in [0.29, 0.717) is 15.5 Å². The molecule has 1 nitrogen and oxygen atoms in total. The van der Waals surface area contributed by atoms with Crippen molar-refractivity contribution in [3.05, 3.63) is 21.0 Å². The first-order valence-corrected chi connectivity index (χ1v) is 4.83. The summed E-state index contributed by atoms with van der Waals surface area (Å²) in [7, 11) is 0. The molecule has 0 radical (unpaired) electrons. The van der Waals surface area contributed by atoms with E-state index < -0.39 is 0 Å². The van der Waals surface area contributed by atoms with Gasteiger partial charge in [-0.05, 0) is 50.8 Å². The number of halogens is 3. The highest BCUT2D eigenvalue weighted by Crippen LogP contribution is 2.18. The molecule has 2 N–H and O–H groups in total. The van der Waals surface area contributed by atoms with E-state index in [0.717, 1.165) is 6.42 Å². The molecule has 0 rings (SSSR count). The molecular weight excluding hydrogens is 277 g/mol. The second-order valence-electron chi connectivity index (χ2n) is 2.04. The second kappa shape index (κ2) is 5.77. The van der Waals surface area contributed by atoms with Crippen LogP contribution in [-0.2, 0) is 0 Å². The van der Waals surface area contributed by atoms with Crippen LogP contribution in [0.15, 0.2) is 21.0 Å². The Balaban J connectivity index is 4.19. The largest absolute Gasteiger partial charge is 0.392 e. The molecule has 0 saturated heterocycles. The fourth-order valence-corrected chi connectivity index (χ4v) is 0.880. The van der Waals surface area contributed by atoms with E-state index in [1.807, 2.05) is 6.92 Å². The van der Waals surface area contributed by atoms with Crippen molar-refractivity contribution >= 4 is 31.9 Å². The van der Waals surface area contributed by atoms with E-state index in [1.165, 1.54) is 6.08 Å². The molecule has 0 amide bonds. The minimum Gasteiger partial charge on any atom is -0.392 e. The molecule has 0 aliphatic heterocycles. The zero-order chi connectivity index (χ0) is 8.85. The van der Waals surface area contributed by atoms with Crippen molar-refractivity contribution in [1.82, 2.24) is 0 Å². The van der Waals surface area contributed by atoms with Crippen LogP contribution >= 0.6 is 31.9 Å². The molecule has 0 atom stereocenters. The number of hydrogen-bond donors (Lipinski definition) is 1. The summed E-state index contributed by atoms with van der Waals surface area (Å²) in [5, 5.41) is 0. The van der Waals surface area contributed by atoms with Crippen molar-refractivity contribution in [3.8, 4) is 0 Å². The molecule has 0 unspecified atom stereocenters. The van der Waals surface area contributed by atoms with Crippen LogP contribution in [-0.4, -0.2) is 0 Å². The fourth-order valence-electron chi connectivity index (χ4n) is 0.517. The topological polar surface area (TPSA) is 26.0 Å². The Labute approximate surface area is 82.8 Å². The van der Waals surface area contributed by atoms with Gasteiger partial charge in [-0.2, -0.15) is 0 Å². The Bertz CT molecular complexity index is 183. The first-order valence-electron chi connectivity index (χ1n) is 3.24. The van der Waals surface area contributed by atoms with Gasteiger partial charge in [0.15, 0.2) is 0 Å². The predicted molar refractivity (Wildman–Crippen MR) is 53.2 cm³/mol. The van der Waals surface area contributed by atoms with Crippen LogP contribution in [0, 0.1) is 0 Å². The van der Waals surface area contributed by atoms with Crippen LogP contribution in [0.5, 0.6) is 0 Å². The number of hydrogen-bond acceptors (Lipinski definition) is 1. The van der Waals surface area contributed by atoms with E-state index in [-0.39, 0.29) is 5.83 Å². The number of allylic oxidation sites excluding steroid dienone is 3. The van der Waals surface area contributed by atoms with Gasteiger partial charge in [0.25, 0.3) is 0 Å². The van der Waals surface area contributed by atoms with Gasteiger partial charge in [-0.1, -0.05) is 6.92 Å². The maximum absolute atomic E-state index is 12.7. The third-order valence-corrected chi connectivity index (χ3v) is 2.62. The average molecular weight is 287 g/mol. The Morgan fingerprint density at radius 3 is 2.45 bits per heavy atom. The zero-order valence-electron chi connectivity index (χ0n) is 6.20. The predicted octanol–water partition coefficient (Wildman–Crippen LogP) is 3.56. The molecule has 0 aromatic rings. The highest BCUT2D eigenvalue weighted by Gasteiger charge is 1.96. The highest BCUT2D eigenvalue weighted by molar-refractivity contribution is 9.14. The molecule has 0 aliphatic rings. The van der Waals surface area contributed by atoms with E-state index in [4.69, 9.17) is 5.73 Å². The Morgan fingerprint density at radius 1 is 1.55 bits per heavy atom. The first-order chi connectivity index (χ1) is 5.07. The maximum Gasteiger partial charge on any atom is 0.101 e. The fraction of sp³-hybridized carbons (Fsp3) is 0.429. The van der Waals surface area contributed by atoms with Crippen LogP contribution in [0.2, 0.25) is 0 Å². The van der Waals surface area contributed by atoms with Crippen molar-refractivity contribution in [2.45, 2.75) is 19.8 Å². The van der Waals surface area contributed by atoms with E-state index in [9.17, 15) is 4.39 Å².